The average Bonchev–Trinajstić information content (AvgIpc) is 2.63. The van der Waals surface area contributed by atoms with Gasteiger partial charge in [0.25, 0.3) is 5.91 Å². The summed E-state index contributed by atoms with van der Waals surface area (Å²) in [5.41, 5.74) is 4.52. The first-order valence-corrected chi connectivity index (χ1v) is 9.19. The van der Waals surface area contributed by atoms with Gasteiger partial charge in [-0.05, 0) is 54.7 Å². The maximum Gasteiger partial charge on any atom is 0.258 e. The van der Waals surface area contributed by atoms with Crippen molar-refractivity contribution >= 4 is 34.8 Å². The van der Waals surface area contributed by atoms with Crippen LogP contribution in [0.2, 0.25) is 10.0 Å². The van der Waals surface area contributed by atoms with Crippen LogP contribution in [-0.4, -0.2) is 5.91 Å². The van der Waals surface area contributed by atoms with Crippen molar-refractivity contribution in [1.29, 1.82) is 0 Å². The van der Waals surface area contributed by atoms with E-state index >= 15 is 0 Å². The van der Waals surface area contributed by atoms with E-state index in [-0.39, 0.29) is 5.91 Å². The maximum atomic E-state index is 12.6. The van der Waals surface area contributed by atoms with Crippen LogP contribution < -0.4 is 5.32 Å². The van der Waals surface area contributed by atoms with Gasteiger partial charge in [-0.25, -0.2) is 0 Å². The lowest BCUT2D eigenvalue weighted by atomic mass is 10.0. The summed E-state index contributed by atoms with van der Waals surface area (Å²) in [5, 5.41) is 3.62. The molecule has 0 aliphatic rings. The number of carbonyl (C=O) groups excluding carboxylic acids is 1. The Kier molecular flexibility index (Phi) is 5.97. The minimum Gasteiger partial charge on any atom is -0.322 e. The first-order valence-electron chi connectivity index (χ1n) is 8.43. The van der Waals surface area contributed by atoms with E-state index in [2.05, 4.69) is 23.5 Å². The zero-order chi connectivity index (χ0) is 18.5. The van der Waals surface area contributed by atoms with Crippen LogP contribution in [0.15, 0.2) is 66.7 Å². The second-order valence-electron chi connectivity index (χ2n) is 6.19. The van der Waals surface area contributed by atoms with Gasteiger partial charge in [0.2, 0.25) is 0 Å². The minimum absolute atomic E-state index is 0.296. The standard InChI is InChI=1S/C22H19Cl2NO/c1-15-10-11-17(13-12-16-6-3-2-4-7-16)14-20(15)25-22(26)21-18(23)8-5-9-19(21)24/h2-11,14H,12-13H2,1H3,(H,25,26). The summed E-state index contributed by atoms with van der Waals surface area (Å²) in [7, 11) is 0. The number of halogens is 2. The van der Waals surface area contributed by atoms with Gasteiger partial charge >= 0.3 is 0 Å². The van der Waals surface area contributed by atoms with Crippen molar-refractivity contribution in [2.75, 3.05) is 5.32 Å². The molecule has 0 aromatic heterocycles. The minimum atomic E-state index is -0.302. The normalized spacial score (nSPS) is 10.6. The summed E-state index contributed by atoms with van der Waals surface area (Å²) >= 11 is 12.3. The Labute approximate surface area is 163 Å². The molecule has 0 unspecified atom stereocenters. The number of benzene rings is 3. The molecule has 4 heteroatoms. The second-order valence-corrected chi connectivity index (χ2v) is 7.00. The number of nitrogens with one attached hydrogen (secondary N) is 1. The Balaban J connectivity index is 1.76. The maximum absolute atomic E-state index is 12.6. The highest BCUT2D eigenvalue weighted by molar-refractivity contribution is 6.40. The van der Waals surface area contributed by atoms with Crippen molar-refractivity contribution in [2.45, 2.75) is 19.8 Å². The molecule has 0 atom stereocenters. The molecular formula is C22H19Cl2NO. The van der Waals surface area contributed by atoms with E-state index in [1.807, 2.05) is 37.3 Å². The third kappa shape index (κ3) is 4.46. The molecule has 0 spiro atoms. The van der Waals surface area contributed by atoms with Crippen LogP contribution in [0.3, 0.4) is 0 Å². The summed E-state index contributed by atoms with van der Waals surface area (Å²) in [6, 6.07) is 21.5. The fraction of sp³-hybridized carbons (Fsp3) is 0.136. The van der Waals surface area contributed by atoms with Crippen molar-refractivity contribution in [3.63, 3.8) is 0 Å². The molecule has 0 saturated carbocycles. The predicted molar refractivity (Wildman–Crippen MR) is 109 cm³/mol. The topological polar surface area (TPSA) is 29.1 Å². The number of anilines is 1. The molecule has 26 heavy (non-hydrogen) atoms. The highest BCUT2D eigenvalue weighted by Gasteiger charge is 2.15. The van der Waals surface area contributed by atoms with Crippen LogP contribution >= 0.6 is 23.2 Å². The van der Waals surface area contributed by atoms with Crippen LogP contribution in [0.5, 0.6) is 0 Å². The Hall–Kier alpha value is -2.29. The molecule has 0 bridgehead atoms. The van der Waals surface area contributed by atoms with Crippen LogP contribution in [-0.2, 0) is 12.8 Å². The van der Waals surface area contributed by atoms with Gasteiger partial charge in [-0.15, -0.1) is 0 Å². The van der Waals surface area contributed by atoms with Gasteiger partial charge in [0.05, 0.1) is 15.6 Å². The van der Waals surface area contributed by atoms with Gasteiger partial charge < -0.3 is 5.32 Å². The van der Waals surface area contributed by atoms with E-state index in [1.54, 1.807) is 18.2 Å². The van der Waals surface area contributed by atoms with Gasteiger partial charge in [0.1, 0.15) is 0 Å². The Morgan fingerprint density at radius 2 is 1.50 bits per heavy atom. The Morgan fingerprint density at radius 3 is 2.19 bits per heavy atom. The fourth-order valence-electron chi connectivity index (χ4n) is 2.79. The van der Waals surface area contributed by atoms with Crippen LogP contribution in [0.25, 0.3) is 0 Å². The van der Waals surface area contributed by atoms with Crippen molar-refractivity contribution in [3.8, 4) is 0 Å². The number of aryl methyl sites for hydroxylation is 3. The van der Waals surface area contributed by atoms with Gasteiger partial charge in [-0.2, -0.15) is 0 Å². The van der Waals surface area contributed by atoms with Crippen LogP contribution in [0, 0.1) is 6.92 Å². The largest absolute Gasteiger partial charge is 0.322 e. The van der Waals surface area contributed by atoms with E-state index in [0.717, 1.165) is 24.1 Å². The molecular weight excluding hydrogens is 365 g/mol. The molecule has 132 valence electrons. The van der Waals surface area contributed by atoms with Crippen molar-refractivity contribution < 1.29 is 4.79 Å². The molecule has 0 fully saturated rings. The number of hydrogen-bond donors (Lipinski definition) is 1. The molecule has 1 N–H and O–H groups in total. The molecule has 3 aromatic rings. The lowest BCUT2D eigenvalue weighted by molar-refractivity contribution is 0.102. The van der Waals surface area contributed by atoms with Crippen LogP contribution in [0.4, 0.5) is 5.69 Å². The second kappa shape index (κ2) is 8.39. The highest BCUT2D eigenvalue weighted by Crippen LogP contribution is 2.26. The quantitative estimate of drug-likeness (QED) is 0.546. The van der Waals surface area contributed by atoms with Gasteiger partial charge in [0, 0.05) is 5.69 Å². The highest BCUT2D eigenvalue weighted by atomic mass is 35.5. The van der Waals surface area contributed by atoms with E-state index in [0.29, 0.717) is 15.6 Å². The summed E-state index contributed by atoms with van der Waals surface area (Å²) in [5.74, 6) is -0.302. The third-order valence-electron chi connectivity index (χ3n) is 4.29. The Bertz CT molecular complexity index is 902. The molecule has 3 rings (SSSR count). The fourth-order valence-corrected chi connectivity index (χ4v) is 3.36. The SMILES string of the molecule is Cc1ccc(CCc2ccccc2)cc1NC(=O)c1c(Cl)cccc1Cl. The zero-order valence-electron chi connectivity index (χ0n) is 14.4. The molecule has 3 aromatic carbocycles. The molecule has 0 radical (unpaired) electrons. The first-order chi connectivity index (χ1) is 12.5. The number of carbonyl (C=O) groups is 1. The van der Waals surface area contributed by atoms with Crippen molar-refractivity contribution in [2.24, 2.45) is 0 Å². The molecule has 0 heterocycles. The van der Waals surface area contributed by atoms with E-state index in [4.69, 9.17) is 23.2 Å². The van der Waals surface area contributed by atoms with Gasteiger partial charge in [-0.3, -0.25) is 4.79 Å². The number of rotatable bonds is 5. The molecule has 2 nitrogen and oxygen atoms in total. The van der Waals surface area contributed by atoms with Crippen molar-refractivity contribution in [3.05, 3.63) is 99.0 Å². The smallest absolute Gasteiger partial charge is 0.258 e. The zero-order valence-corrected chi connectivity index (χ0v) is 15.9. The molecule has 0 saturated heterocycles. The monoisotopic (exact) mass is 383 g/mol. The predicted octanol–water partition coefficient (Wildman–Crippen LogP) is 6.34. The van der Waals surface area contributed by atoms with E-state index in [1.165, 1.54) is 11.1 Å². The van der Waals surface area contributed by atoms with Crippen molar-refractivity contribution in [1.82, 2.24) is 0 Å². The van der Waals surface area contributed by atoms with Gasteiger partial charge in [0.15, 0.2) is 0 Å². The summed E-state index contributed by atoms with van der Waals surface area (Å²) in [4.78, 5) is 12.6. The molecule has 0 aliphatic heterocycles. The summed E-state index contributed by atoms with van der Waals surface area (Å²) in [6.45, 7) is 1.96. The van der Waals surface area contributed by atoms with E-state index < -0.39 is 0 Å². The summed E-state index contributed by atoms with van der Waals surface area (Å²) in [6.07, 6.45) is 1.85. The average molecular weight is 384 g/mol. The van der Waals surface area contributed by atoms with Crippen LogP contribution in [0.1, 0.15) is 27.0 Å². The third-order valence-corrected chi connectivity index (χ3v) is 4.92. The summed E-state index contributed by atoms with van der Waals surface area (Å²) < 4.78 is 0. The van der Waals surface area contributed by atoms with Gasteiger partial charge in [-0.1, -0.05) is 71.7 Å². The Morgan fingerprint density at radius 1 is 0.846 bits per heavy atom. The van der Waals surface area contributed by atoms with E-state index in [9.17, 15) is 4.79 Å². The number of hydrogen-bond acceptors (Lipinski definition) is 1. The lowest BCUT2D eigenvalue weighted by Gasteiger charge is -2.12. The lowest BCUT2D eigenvalue weighted by Crippen LogP contribution is -2.14. The number of amides is 1. The molecule has 1 amide bonds. The first kappa shape index (κ1) is 18.5. The molecule has 0 aliphatic carbocycles.